The summed E-state index contributed by atoms with van der Waals surface area (Å²) in [6, 6.07) is 60.3. The third kappa shape index (κ3) is 4.50. The summed E-state index contributed by atoms with van der Waals surface area (Å²) in [5.41, 5.74) is 19.3. The van der Waals surface area contributed by atoms with Crippen LogP contribution in [0, 0.1) is 0 Å². The van der Waals surface area contributed by atoms with Crippen LogP contribution in [0.3, 0.4) is 0 Å². The van der Waals surface area contributed by atoms with Crippen molar-refractivity contribution in [3.63, 3.8) is 0 Å². The molecule has 4 aromatic heterocycles. The first-order chi connectivity index (χ1) is 28.3. The second-order valence-corrected chi connectivity index (χ2v) is 15.2. The number of pyridine rings is 2. The zero-order chi connectivity index (χ0) is 37.5. The Bertz CT molecular complexity index is 3110. The number of aromatic nitrogens is 4. The van der Waals surface area contributed by atoms with E-state index in [1.807, 2.05) is 24.7 Å². The van der Waals surface area contributed by atoms with E-state index in [0.29, 0.717) is 0 Å². The smallest absolute Gasteiger partial charge is 0.0978 e. The van der Waals surface area contributed by atoms with Gasteiger partial charge in [-0.2, -0.15) is 0 Å². The Balaban J connectivity index is 1.01. The molecule has 0 spiro atoms. The van der Waals surface area contributed by atoms with E-state index in [0.717, 1.165) is 40.5 Å². The summed E-state index contributed by atoms with van der Waals surface area (Å²) in [7, 11) is 0. The number of fused-ring (bicyclic) bond motifs is 10. The number of rotatable bonds is 5. The molecule has 0 N–H and O–H groups in total. The first-order valence-corrected chi connectivity index (χ1v) is 19.8. The molecule has 0 atom stereocenters. The van der Waals surface area contributed by atoms with Gasteiger partial charge < -0.3 is 9.13 Å². The fourth-order valence-corrected chi connectivity index (χ4v) is 10.1. The third-order valence-electron chi connectivity index (χ3n) is 12.4. The monoisotopic (exact) mass is 728 g/mol. The molecule has 268 valence electrons. The molecule has 0 aliphatic heterocycles. The van der Waals surface area contributed by atoms with E-state index in [-0.39, 0.29) is 0 Å². The van der Waals surface area contributed by atoms with Gasteiger partial charge in [0.15, 0.2) is 0 Å². The number of benzene rings is 6. The Morgan fingerprint density at radius 2 is 1.21 bits per heavy atom. The lowest BCUT2D eigenvalue weighted by atomic mass is 9.66. The van der Waals surface area contributed by atoms with E-state index >= 15 is 0 Å². The highest BCUT2D eigenvalue weighted by Gasteiger charge is 2.48. The minimum Gasteiger partial charge on any atom is -0.310 e. The van der Waals surface area contributed by atoms with Crippen molar-refractivity contribution >= 4 is 38.9 Å². The van der Waals surface area contributed by atoms with Gasteiger partial charge in [0, 0.05) is 46.4 Å². The van der Waals surface area contributed by atoms with Gasteiger partial charge in [-0.25, -0.2) is 0 Å². The molecule has 12 rings (SSSR count). The first kappa shape index (κ1) is 32.0. The zero-order valence-corrected chi connectivity index (χ0v) is 31.2. The molecule has 6 aromatic carbocycles. The number of aryl methyl sites for hydroxylation is 1. The van der Waals surface area contributed by atoms with Crippen LogP contribution in [-0.2, 0) is 11.8 Å². The molecule has 0 amide bonds. The molecule has 0 saturated carbocycles. The molecule has 4 nitrogen and oxygen atoms in total. The van der Waals surface area contributed by atoms with Gasteiger partial charge in [0.1, 0.15) is 0 Å². The van der Waals surface area contributed by atoms with Crippen molar-refractivity contribution in [1.82, 2.24) is 19.1 Å². The van der Waals surface area contributed by atoms with Crippen LogP contribution in [0.1, 0.15) is 39.9 Å². The van der Waals surface area contributed by atoms with Gasteiger partial charge in [-0.15, -0.1) is 0 Å². The second-order valence-electron chi connectivity index (χ2n) is 15.2. The summed E-state index contributed by atoms with van der Waals surface area (Å²) in [5, 5.41) is 2.44. The van der Waals surface area contributed by atoms with Crippen molar-refractivity contribution in [3.05, 3.63) is 222 Å². The van der Waals surface area contributed by atoms with Crippen molar-refractivity contribution in [1.29, 1.82) is 0 Å². The number of allylic oxidation sites excluding steroid dienone is 1. The summed E-state index contributed by atoms with van der Waals surface area (Å²) in [5.74, 6) is 0. The molecule has 2 aliphatic carbocycles. The predicted molar refractivity (Wildman–Crippen MR) is 233 cm³/mol. The number of hydrogen-bond donors (Lipinski definition) is 0. The number of hydrogen-bond acceptors (Lipinski definition) is 2. The SMILES string of the molecule is C1=Cc2c(c3c4c(ccc3n2-c2ccc(-c3ccc(-n5c6ccncc6c6ncccc65)cc3)cc2)-c2ccccc2C4(c2ccccc2)c2ccccc2)CC1. The van der Waals surface area contributed by atoms with E-state index < -0.39 is 5.41 Å². The van der Waals surface area contributed by atoms with Gasteiger partial charge in [-0.3, -0.25) is 9.97 Å². The molecule has 0 radical (unpaired) electrons. The minimum atomic E-state index is -0.461. The summed E-state index contributed by atoms with van der Waals surface area (Å²) in [6.45, 7) is 0. The van der Waals surface area contributed by atoms with Gasteiger partial charge in [-0.1, -0.05) is 121 Å². The van der Waals surface area contributed by atoms with Crippen LogP contribution >= 0.6 is 0 Å². The molecule has 10 aromatic rings. The van der Waals surface area contributed by atoms with Gasteiger partial charge >= 0.3 is 0 Å². The van der Waals surface area contributed by atoms with Gasteiger partial charge in [-0.05, 0) is 118 Å². The van der Waals surface area contributed by atoms with Gasteiger partial charge in [0.25, 0.3) is 0 Å². The van der Waals surface area contributed by atoms with Crippen LogP contribution in [0.15, 0.2) is 188 Å². The van der Waals surface area contributed by atoms with E-state index in [4.69, 9.17) is 0 Å². The summed E-state index contributed by atoms with van der Waals surface area (Å²) in [4.78, 5) is 9.08. The van der Waals surface area contributed by atoms with Crippen LogP contribution in [0.4, 0.5) is 0 Å². The first-order valence-electron chi connectivity index (χ1n) is 19.8. The molecule has 0 unspecified atom stereocenters. The Morgan fingerprint density at radius 3 is 1.95 bits per heavy atom. The minimum absolute atomic E-state index is 0.461. The van der Waals surface area contributed by atoms with E-state index in [1.165, 1.54) is 72.4 Å². The summed E-state index contributed by atoms with van der Waals surface area (Å²) >= 11 is 0. The fraction of sp³-hybridized carbons (Fsp3) is 0.0566. The maximum atomic E-state index is 4.69. The Hall–Kier alpha value is -7.30. The highest BCUT2D eigenvalue weighted by Crippen LogP contribution is 2.59. The third-order valence-corrected chi connectivity index (χ3v) is 12.4. The van der Waals surface area contributed by atoms with Crippen molar-refractivity contribution in [2.45, 2.75) is 18.3 Å². The normalized spacial score (nSPS) is 13.9. The maximum absolute atomic E-state index is 4.69. The van der Waals surface area contributed by atoms with Crippen LogP contribution in [-0.4, -0.2) is 19.1 Å². The molecular formula is C53H36N4. The lowest BCUT2D eigenvalue weighted by Crippen LogP contribution is -2.29. The lowest BCUT2D eigenvalue weighted by Gasteiger charge is -2.34. The average molecular weight is 729 g/mol. The Kier molecular flexibility index (Phi) is 6.93. The molecule has 0 saturated heterocycles. The quantitative estimate of drug-likeness (QED) is 0.177. The maximum Gasteiger partial charge on any atom is 0.0978 e. The molecule has 0 bridgehead atoms. The van der Waals surface area contributed by atoms with E-state index in [1.54, 1.807) is 0 Å². The highest BCUT2D eigenvalue weighted by atomic mass is 15.0. The molecule has 2 aliphatic rings. The van der Waals surface area contributed by atoms with Crippen LogP contribution in [0.5, 0.6) is 0 Å². The molecule has 4 heterocycles. The topological polar surface area (TPSA) is 35.6 Å². The average Bonchev–Trinajstić information content (AvgIpc) is 3.92. The van der Waals surface area contributed by atoms with Gasteiger partial charge in [0.2, 0.25) is 0 Å². The van der Waals surface area contributed by atoms with Crippen molar-refractivity contribution < 1.29 is 0 Å². The lowest BCUT2D eigenvalue weighted by molar-refractivity contribution is 0.774. The van der Waals surface area contributed by atoms with Gasteiger partial charge in [0.05, 0.1) is 27.5 Å². The molecule has 0 fully saturated rings. The predicted octanol–water partition coefficient (Wildman–Crippen LogP) is 12.5. The molecule has 4 heteroatoms. The fourth-order valence-electron chi connectivity index (χ4n) is 10.1. The zero-order valence-electron chi connectivity index (χ0n) is 31.2. The van der Waals surface area contributed by atoms with Crippen molar-refractivity contribution in [2.75, 3.05) is 0 Å². The molecular weight excluding hydrogens is 693 g/mol. The van der Waals surface area contributed by atoms with E-state index in [9.17, 15) is 0 Å². The highest BCUT2D eigenvalue weighted by molar-refractivity contribution is 6.07. The van der Waals surface area contributed by atoms with Crippen LogP contribution in [0.2, 0.25) is 0 Å². The number of nitrogens with zero attached hydrogens (tertiary/aromatic N) is 4. The standard InChI is InChI=1S/C53H36N4/c1-3-12-37(13-4-1)53(38-14-5-2-6-15-38)45-18-9-7-16-41(45)42-29-30-48-50(51(42)53)43-17-8-10-19-46(43)56(48)39-25-21-35(22-26-39)36-23-27-40(28-24-36)57-47-31-33-54-34-44(47)52-49(57)20-11-32-55-52/h1-7,9-16,18-34H,8,17H2. The summed E-state index contributed by atoms with van der Waals surface area (Å²) in [6.07, 6.45) is 12.3. The van der Waals surface area contributed by atoms with Crippen LogP contribution < -0.4 is 0 Å². The van der Waals surface area contributed by atoms with Crippen molar-refractivity contribution in [2.24, 2.45) is 0 Å². The largest absolute Gasteiger partial charge is 0.310 e. The molecule has 57 heavy (non-hydrogen) atoms. The Morgan fingerprint density at radius 1 is 0.526 bits per heavy atom. The Labute approximate surface area is 330 Å². The van der Waals surface area contributed by atoms with E-state index in [2.05, 4.69) is 189 Å². The van der Waals surface area contributed by atoms with Crippen LogP contribution in [0.25, 0.3) is 72.5 Å². The second kappa shape index (κ2) is 12.4. The van der Waals surface area contributed by atoms with Crippen molar-refractivity contribution in [3.8, 4) is 33.6 Å². The summed E-state index contributed by atoms with van der Waals surface area (Å²) < 4.78 is 4.78.